The summed E-state index contributed by atoms with van der Waals surface area (Å²) in [5.74, 6) is 0. The quantitative estimate of drug-likeness (QED) is 0.807. The maximum atomic E-state index is 10.6. The Hall–Kier alpha value is -1.39. The number of likely N-dealkylation sites (N-methyl/N-ethyl adjacent to an activating group) is 1. The highest BCUT2D eigenvalue weighted by Crippen LogP contribution is 2.26. The molecular formula is C14H20N2O2. The van der Waals surface area contributed by atoms with E-state index in [2.05, 4.69) is 9.80 Å². The van der Waals surface area contributed by atoms with Crippen molar-refractivity contribution < 1.29 is 9.90 Å². The molecule has 2 unspecified atom stereocenters. The molecule has 1 saturated heterocycles. The average molecular weight is 248 g/mol. The summed E-state index contributed by atoms with van der Waals surface area (Å²) in [7, 11) is 4.08. The van der Waals surface area contributed by atoms with Crippen LogP contribution in [0.25, 0.3) is 0 Å². The van der Waals surface area contributed by atoms with E-state index in [1.54, 1.807) is 0 Å². The van der Waals surface area contributed by atoms with Crippen molar-refractivity contribution in [2.75, 3.05) is 32.1 Å². The fourth-order valence-corrected chi connectivity index (χ4v) is 2.55. The van der Waals surface area contributed by atoms with Crippen LogP contribution in [0.4, 0.5) is 5.69 Å². The first-order valence-electron chi connectivity index (χ1n) is 6.25. The fraction of sp³-hybridized carbons (Fsp3) is 0.500. The Morgan fingerprint density at radius 2 is 2.06 bits per heavy atom. The molecule has 1 heterocycles. The maximum absolute atomic E-state index is 10.6. The van der Waals surface area contributed by atoms with Gasteiger partial charge in [-0.05, 0) is 44.8 Å². The molecule has 2 rings (SSSR count). The molecular weight excluding hydrogens is 228 g/mol. The maximum Gasteiger partial charge on any atom is 0.150 e. The van der Waals surface area contributed by atoms with Crippen molar-refractivity contribution in [1.29, 1.82) is 0 Å². The predicted molar refractivity (Wildman–Crippen MR) is 72.1 cm³/mol. The summed E-state index contributed by atoms with van der Waals surface area (Å²) < 4.78 is 0. The number of rotatable bonds is 4. The predicted octanol–water partition coefficient (Wildman–Crippen LogP) is 1.00. The van der Waals surface area contributed by atoms with Gasteiger partial charge in [-0.2, -0.15) is 0 Å². The van der Waals surface area contributed by atoms with Crippen LogP contribution in [0, 0.1) is 0 Å². The third-order valence-corrected chi connectivity index (χ3v) is 3.33. The second kappa shape index (κ2) is 5.50. The number of aliphatic hydroxyl groups excluding tert-OH is 1. The van der Waals surface area contributed by atoms with Gasteiger partial charge in [-0.1, -0.05) is 0 Å². The van der Waals surface area contributed by atoms with Gasteiger partial charge in [0.1, 0.15) is 6.29 Å². The number of benzene rings is 1. The Morgan fingerprint density at radius 3 is 2.61 bits per heavy atom. The monoisotopic (exact) mass is 248 g/mol. The molecule has 0 bridgehead atoms. The van der Waals surface area contributed by atoms with Crippen LogP contribution in [-0.4, -0.2) is 55.6 Å². The summed E-state index contributed by atoms with van der Waals surface area (Å²) in [6, 6.07) is 7.87. The molecule has 1 N–H and O–H groups in total. The zero-order chi connectivity index (χ0) is 13.1. The lowest BCUT2D eigenvalue weighted by molar-refractivity contribution is 0.112. The van der Waals surface area contributed by atoms with Crippen molar-refractivity contribution in [2.24, 2.45) is 0 Å². The number of carbonyl (C=O) groups excluding carboxylic acids is 1. The Bertz CT molecular complexity index is 403. The molecule has 98 valence electrons. The van der Waals surface area contributed by atoms with Crippen LogP contribution in [0.15, 0.2) is 24.3 Å². The van der Waals surface area contributed by atoms with Crippen LogP contribution in [0.2, 0.25) is 0 Å². The van der Waals surface area contributed by atoms with E-state index < -0.39 is 0 Å². The van der Waals surface area contributed by atoms with E-state index in [0.717, 1.165) is 24.9 Å². The van der Waals surface area contributed by atoms with Crippen molar-refractivity contribution in [3.8, 4) is 0 Å². The first-order valence-corrected chi connectivity index (χ1v) is 6.25. The van der Waals surface area contributed by atoms with Gasteiger partial charge in [-0.15, -0.1) is 0 Å². The summed E-state index contributed by atoms with van der Waals surface area (Å²) in [6.07, 6.45) is 1.38. The minimum atomic E-state index is -0.263. The van der Waals surface area contributed by atoms with Crippen LogP contribution in [0.1, 0.15) is 16.8 Å². The van der Waals surface area contributed by atoms with Crippen molar-refractivity contribution in [1.82, 2.24) is 4.90 Å². The minimum Gasteiger partial charge on any atom is -0.391 e. The standard InChI is InChI=1S/C14H20N2O2/c1-15(2)8-13-7-14(18)9-16(13)12-5-3-11(10-17)4-6-12/h3-6,10,13-14,18H,7-9H2,1-2H3. The molecule has 2 atom stereocenters. The molecule has 4 nitrogen and oxygen atoms in total. The number of nitrogens with zero attached hydrogens (tertiary/aromatic N) is 2. The fourth-order valence-electron chi connectivity index (χ4n) is 2.55. The van der Waals surface area contributed by atoms with Crippen LogP contribution < -0.4 is 4.90 Å². The lowest BCUT2D eigenvalue weighted by Crippen LogP contribution is -2.37. The molecule has 0 amide bonds. The van der Waals surface area contributed by atoms with E-state index in [9.17, 15) is 9.90 Å². The van der Waals surface area contributed by atoms with Gasteiger partial charge in [0.2, 0.25) is 0 Å². The third-order valence-electron chi connectivity index (χ3n) is 3.33. The highest BCUT2D eigenvalue weighted by Gasteiger charge is 2.31. The molecule has 0 spiro atoms. The van der Waals surface area contributed by atoms with Gasteiger partial charge < -0.3 is 14.9 Å². The second-order valence-corrected chi connectivity index (χ2v) is 5.17. The van der Waals surface area contributed by atoms with E-state index in [1.165, 1.54) is 0 Å². The number of aliphatic hydroxyl groups is 1. The van der Waals surface area contributed by atoms with Crippen molar-refractivity contribution >= 4 is 12.0 Å². The van der Waals surface area contributed by atoms with Gasteiger partial charge in [0.25, 0.3) is 0 Å². The number of anilines is 1. The number of aldehydes is 1. The summed E-state index contributed by atoms with van der Waals surface area (Å²) in [6.45, 7) is 1.59. The zero-order valence-corrected chi connectivity index (χ0v) is 10.9. The topological polar surface area (TPSA) is 43.8 Å². The Labute approximate surface area is 108 Å². The SMILES string of the molecule is CN(C)CC1CC(O)CN1c1ccc(C=O)cc1. The van der Waals surface area contributed by atoms with Crippen LogP contribution in [0.3, 0.4) is 0 Å². The van der Waals surface area contributed by atoms with E-state index in [0.29, 0.717) is 18.2 Å². The molecule has 1 aliphatic heterocycles. The molecule has 1 aromatic carbocycles. The minimum absolute atomic E-state index is 0.263. The highest BCUT2D eigenvalue weighted by molar-refractivity contribution is 5.75. The van der Waals surface area contributed by atoms with Crippen LogP contribution >= 0.6 is 0 Å². The molecule has 4 heteroatoms. The van der Waals surface area contributed by atoms with Gasteiger partial charge in [0.15, 0.2) is 0 Å². The Balaban J connectivity index is 2.15. The summed E-state index contributed by atoms with van der Waals surface area (Å²) in [4.78, 5) is 15.0. The largest absolute Gasteiger partial charge is 0.391 e. The Morgan fingerprint density at radius 1 is 1.39 bits per heavy atom. The molecule has 0 radical (unpaired) electrons. The zero-order valence-electron chi connectivity index (χ0n) is 10.9. The van der Waals surface area contributed by atoms with Gasteiger partial charge >= 0.3 is 0 Å². The lowest BCUT2D eigenvalue weighted by atomic mass is 10.1. The second-order valence-electron chi connectivity index (χ2n) is 5.17. The summed E-state index contributed by atoms with van der Waals surface area (Å²) in [5.41, 5.74) is 1.76. The van der Waals surface area contributed by atoms with Crippen LogP contribution in [-0.2, 0) is 0 Å². The molecule has 1 aromatic rings. The van der Waals surface area contributed by atoms with Gasteiger partial charge in [-0.25, -0.2) is 0 Å². The van der Waals surface area contributed by atoms with E-state index >= 15 is 0 Å². The molecule has 1 fully saturated rings. The summed E-state index contributed by atoms with van der Waals surface area (Å²) in [5, 5.41) is 9.83. The number of hydrogen-bond donors (Lipinski definition) is 1. The third kappa shape index (κ3) is 2.89. The van der Waals surface area contributed by atoms with E-state index in [-0.39, 0.29) is 6.10 Å². The lowest BCUT2D eigenvalue weighted by Gasteiger charge is -2.28. The van der Waals surface area contributed by atoms with Gasteiger partial charge in [-0.3, -0.25) is 4.79 Å². The first-order chi connectivity index (χ1) is 8.60. The number of β-amino-alcohol motifs (C(OH)–C–C–N with tert-alkyl or cyclic N) is 1. The molecule has 0 aliphatic carbocycles. The normalized spacial score (nSPS) is 23.7. The number of carbonyl (C=O) groups is 1. The molecule has 0 aromatic heterocycles. The summed E-state index contributed by atoms with van der Waals surface area (Å²) >= 11 is 0. The molecule has 18 heavy (non-hydrogen) atoms. The smallest absolute Gasteiger partial charge is 0.150 e. The Kier molecular flexibility index (Phi) is 3.99. The number of hydrogen-bond acceptors (Lipinski definition) is 4. The van der Waals surface area contributed by atoms with Crippen molar-refractivity contribution in [2.45, 2.75) is 18.6 Å². The molecule has 1 aliphatic rings. The molecule has 0 saturated carbocycles. The van der Waals surface area contributed by atoms with Gasteiger partial charge in [0, 0.05) is 30.4 Å². The van der Waals surface area contributed by atoms with Crippen LogP contribution in [0.5, 0.6) is 0 Å². The van der Waals surface area contributed by atoms with Gasteiger partial charge in [0.05, 0.1) is 6.10 Å². The van der Waals surface area contributed by atoms with Crippen molar-refractivity contribution in [3.63, 3.8) is 0 Å². The van der Waals surface area contributed by atoms with E-state index in [1.807, 2.05) is 38.4 Å². The van der Waals surface area contributed by atoms with Crippen molar-refractivity contribution in [3.05, 3.63) is 29.8 Å². The average Bonchev–Trinajstić information content (AvgIpc) is 2.69. The first kappa shape index (κ1) is 13.1. The highest BCUT2D eigenvalue weighted by atomic mass is 16.3. The van der Waals surface area contributed by atoms with E-state index in [4.69, 9.17) is 0 Å².